The molecule has 1 spiro atoms. The molecule has 0 aromatic rings. The second kappa shape index (κ2) is 6.73. The second-order valence-electron chi connectivity index (χ2n) is 8.11. The molecule has 3 rings (SSSR count). The molecule has 4 atom stereocenters. The summed E-state index contributed by atoms with van der Waals surface area (Å²) in [4.78, 5) is 25.0. The largest absolute Gasteiger partial charge is 0.461 e. The van der Waals surface area contributed by atoms with Crippen LogP contribution in [0.4, 0.5) is 0 Å². The molecule has 1 aliphatic heterocycles. The van der Waals surface area contributed by atoms with Crippen LogP contribution in [0, 0.1) is 23.2 Å². The van der Waals surface area contributed by atoms with E-state index in [0.717, 1.165) is 19.3 Å². The van der Waals surface area contributed by atoms with Gasteiger partial charge in [-0.25, -0.2) is 4.79 Å². The van der Waals surface area contributed by atoms with Gasteiger partial charge in [0.1, 0.15) is 12.1 Å². The molecule has 4 heteroatoms. The third kappa shape index (κ3) is 3.28. The molecule has 2 fully saturated rings. The Bertz CT molecular complexity index is 551. The highest BCUT2D eigenvalue weighted by Crippen LogP contribution is 2.38. The molecule has 4 nitrogen and oxygen atoms in total. The summed E-state index contributed by atoms with van der Waals surface area (Å²) in [5, 5.41) is 2.84. The monoisotopic (exact) mass is 331 g/mol. The first-order valence-corrected chi connectivity index (χ1v) is 9.28. The maximum atomic E-state index is 12.7. The van der Waals surface area contributed by atoms with Crippen molar-refractivity contribution in [2.45, 2.75) is 65.0 Å². The average Bonchev–Trinajstić information content (AvgIpc) is 2.84. The number of hydrogen-bond donors (Lipinski definition) is 1. The summed E-state index contributed by atoms with van der Waals surface area (Å²) in [5.41, 5.74) is -0.654. The lowest BCUT2D eigenvalue weighted by Crippen LogP contribution is -2.41. The van der Waals surface area contributed by atoms with Crippen molar-refractivity contribution >= 4 is 11.9 Å². The van der Waals surface area contributed by atoms with Crippen LogP contribution in [-0.4, -0.2) is 24.0 Å². The zero-order valence-electron chi connectivity index (χ0n) is 15.0. The average molecular weight is 331 g/mol. The van der Waals surface area contributed by atoms with Crippen LogP contribution >= 0.6 is 0 Å². The molecule has 0 aromatic heterocycles. The van der Waals surface area contributed by atoms with E-state index in [4.69, 9.17) is 4.74 Å². The molecule has 0 bridgehead atoms. The van der Waals surface area contributed by atoms with Gasteiger partial charge in [0.15, 0.2) is 0 Å². The highest BCUT2D eigenvalue weighted by atomic mass is 16.5. The maximum Gasteiger partial charge on any atom is 0.328 e. The fourth-order valence-corrected chi connectivity index (χ4v) is 4.38. The Morgan fingerprint density at radius 1 is 1.29 bits per heavy atom. The summed E-state index contributed by atoms with van der Waals surface area (Å²) < 4.78 is 5.90. The van der Waals surface area contributed by atoms with Crippen molar-refractivity contribution in [1.29, 1.82) is 0 Å². The van der Waals surface area contributed by atoms with E-state index in [1.807, 2.05) is 24.3 Å². The van der Waals surface area contributed by atoms with Crippen LogP contribution in [0.3, 0.4) is 0 Å². The van der Waals surface area contributed by atoms with Gasteiger partial charge in [-0.1, -0.05) is 51.5 Å². The van der Waals surface area contributed by atoms with Crippen molar-refractivity contribution in [3.05, 3.63) is 24.3 Å². The van der Waals surface area contributed by atoms with Gasteiger partial charge in [0, 0.05) is 0 Å². The minimum atomic E-state index is -0.654. The SMILES string of the molecule is CC(C)[C@H]1CC[C@H](C)C[C@@H]1OC(=O)[C@@H]1CC2(C=CCC=C2)C(=O)N1. The van der Waals surface area contributed by atoms with E-state index in [2.05, 4.69) is 26.1 Å². The standard InChI is InChI=1S/C20H29NO3/c1-13(2)15-8-7-14(3)11-17(15)24-18(22)16-12-20(19(23)21-16)9-5-4-6-10-20/h5-6,9-10,13-17H,4,7-8,11-12H2,1-3H3,(H,21,23)/t14-,15+,16-,17-/m0/s1. The highest BCUT2D eigenvalue weighted by Gasteiger charge is 2.47. The van der Waals surface area contributed by atoms with Crippen molar-refractivity contribution in [1.82, 2.24) is 5.32 Å². The molecule has 0 unspecified atom stereocenters. The normalized spacial score (nSPS) is 34.6. The molecule has 1 heterocycles. The van der Waals surface area contributed by atoms with Crippen LogP contribution in [-0.2, 0) is 14.3 Å². The van der Waals surface area contributed by atoms with E-state index in [1.165, 1.54) is 6.42 Å². The molecule has 1 N–H and O–H groups in total. The highest BCUT2D eigenvalue weighted by molar-refractivity contribution is 5.95. The summed E-state index contributed by atoms with van der Waals surface area (Å²) in [6.07, 6.45) is 12.4. The Morgan fingerprint density at radius 2 is 2.00 bits per heavy atom. The smallest absolute Gasteiger partial charge is 0.328 e. The van der Waals surface area contributed by atoms with E-state index in [0.29, 0.717) is 24.2 Å². The van der Waals surface area contributed by atoms with E-state index < -0.39 is 11.5 Å². The van der Waals surface area contributed by atoms with Crippen LogP contribution in [0.25, 0.3) is 0 Å². The van der Waals surface area contributed by atoms with Crippen LogP contribution in [0.15, 0.2) is 24.3 Å². The van der Waals surface area contributed by atoms with E-state index in [1.54, 1.807) is 0 Å². The minimum Gasteiger partial charge on any atom is -0.461 e. The Morgan fingerprint density at radius 3 is 2.67 bits per heavy atom. The maximum absolute atomic E-state index is 12.7. The molecule has 0 aromatic carbocycles. The third-order valence-electron chi connectivity index (χ3n) is 5.89. The molecule has 1 amide bonds. The summed E-state index contributed by atoms with van der Waals surface area (Å²) in [6.45, 7) is 6.62. The van der Waals surface area contributed by atoms with Gasteiger partial charge < -0.3 is 10.1 Å². The number of rotatable bonds is 3. The molecule has 0 radical (unpaired) electrons. The molecule has 3 aliphatic rings. The Hall–Kier alpha value is -1.58. The van der Waals surface area contributed by atoms with E-state index in [9.17, 15) is 9.59 Å². The van der Waals surface area contributed by atoms with Crippen LogP contribution in [0.1, 0.15) is 52.9 Å². The molecule has 24 heavy (non-hydrogen) atoms. The number of hydrogen-bond acceptors (Lipinski definition) is 3. The Kier molecular flexibility index (Phi) is 4.84. The number of allylic oxidation sites excluding steroid dienone is 2. The molecule has 132 valence electrons. The number of carbonyl (C=O) groups excluding carboxylic acids is 2. The van der Waals surface area contributed by atoms with E-state index >= 15 is 0 Å². The van der Waals surface area contributed by atoms with Crippen molar-refractivity contribution in [2.75, 3.05) is 0 Å². The first kappa shape index (κ1) is 17.2. The molecule has 2 aliphatic carbocycles. The quantitative estimate of drug-likeness (QED) is 0.637. The van der Waals surface area contributed by atoms with Gasteiger partial charge >= 0.3 is 5.97 Å². The van der Waals surface area contributed by atoms with Crippen molar-refractivity contribution < 1.29 is 14.3 Å². The van der Waals surface area contributed by atoms with Crippen LogP contribution < -0.4 is 5.32 Å². The molecular weight excluding hydrogens is 302 g/mol. The summed E-state index contributed by atoms with van der Waals surface area (Å²) in [5.74, 6) is 1.16. The zero-order chi connectivity index (χ0) is 17.3. The van der Waals surface area contributed by atoms with Gasteiger partial charge in [0.25, 0.3) is 0 Å². The number of amides is 1. The third-order valence-corrected chi connectivity index (χ3v) is 5.89. The zero-order valence-corrected chi connectivity index (χ0v) is 15.0. The minimum absolute atomic E-state index is 0.0212. The fraction of sp³-hybridized carbons (Fsp3) is 0.700. The molecule has 1 saturated heterocycles. The summed E-state index contributed by atoms with van der Waals surface area (Å²) >= 11 is 0. The van der Waals surface area contributed by atoms with Gasteiger partial charge in [-0.05, 0) is 43.4 Å². The Balaban J connectivity index is 1.66. The number of ether oxygens (including phenoxy) is 1. The van der Waals surface area contributed by atoms with E-state index in [-0.39, 0.29) is 18.0 Å². The molecule has 1 saturated carbocycles. The van der Waals surface area contributed by atoms with Gasteiger partial charge in [-0.15, -0.1) is 0 Å². The number of nitrogens with one attached hydrogen (secondary N) is 1. The first-order chi connectivity index (χ1) is 11.4. The van der Waals surface area contributed by atoms with Gasteiger partial charge in [0.05, 0.1) is 5.41 Å². The topological polar surface area (TPSA) is 55.4 Å². The first-order valence-electron chi connectivity index (χ1n) is 9.28. The van der Waals surface area contributed by atoms with Crippen molar-refractivity contribution in [2.24, 2.45) is 23.2 Å². The van der Waals surface area contributed by atoms with Crippen LogP contribution in [0.5, 0.6) is 0 Å². The Labute approximate surface area is 144 Å². The fourth-order valence-electron chi connectivity index (χ4n) is 4.38. The lowest BCUT2D eigenvalue weighted by atomic mass is 9.75. The molecular formula is C20H29NO3. The second-order valence-corrected chi connectivity index (χ2v) is 8.11. The summed E-state index contributed by atoms with van der Waals surface area (Å²) in [7, 11) is 0. The van der Waals surface area contributed by atoms with Crippen molar-refractivity contribution in [3.8, 4) is 0 Å². The predicted octanol–water partition coefficient (Wildman–Crippen LogP) is 3.38. The van der Waals surface area contributed by atoms with Gasteiger partial charge in [-0.2, -0.15) is 0 Å². The number of carbonyl (C=O) groups is 2. The lowest BCUT2D eigenvalue weighted by Gasteiger charge is -2.37. The lowest BCUT2D eigenvalue weighted by molar-refractivity contribution is -0.158. The van der Waals surface area contributed by atoms with Gasteiger partial charge in [0.2, 0.25) is 5.91 Å². The van der Waals surface area contributed by atoms with Crippen LogP contribution in [0.2, 0.25) is 0 Å². The summed E-state index contributed by atoms with van der Waals surface area (Å²) in [6, 6.07) is -0.532. The number of esters is 1. The predicted molar refractivity (Wildman–Crippen MR) is 93.1 cm³/mol. The van der Waals surface area contributed by atoms with Gasteiger partial charge in [-0.3, -0.25) is 4.79 Å². The van der Waals surface area contributed by atoms with Crippen molar-refractivity contribution in [3.63, 3.8) is 0 Å².